The van der Waals surface area contributed by atoms with Gasteiger partial charge in [-0.1, -0.05) is 36.4 Å². The first-order valence-corrected chi connectivity index (χ1v) is 5.11. The molecule has 0 heterocycles. The Kier molecular flexibility index (Phi) is 2.62. The molecule has 0 saturated heterocycles. The maximum atomic E-state index is 12.7. The lowest BCUT2D eigenvalue weighted by atomic mass is 9.93. The number of rotatable bonds is 1. The lowest BCUT2D eigenvalue weighted by molar-refractivity contribution is -0.258. The fraction of sp³-hybridized carbons (Fsp3) is 0.231. The minimum Gasteiger partial charge on any atom is -0.376 e. The predicted molar refractivity (Wildman–Crippen MR) is 59.6 cm³/mol. The fourth-order valence-corrected chi connectivity index (χ4v) is 1.66. The van der Waals surface area contributed by atoms with Crippen molar-refractivity contribution < 1.29 is 18.3 Å². The molecule has 0 bridgehead atoms. The van der Waals surface area contributed by atoms with Crippen LogP contribution in [0.25, 0.3) is 10.8 Å². The van der Waals surface area contributed by atoms with E-state index in [1.165, 1.54) is 12.1 Å². The van der Waals surface area contributed by atoms with Crippen molar-refractivity contribution in [3.05, 3.63) is 48.0 Å². The molecule has 2 rings (SSSR count). The van der Waals surface area contributed by atoms with E-state index >= 15 is 0 Å². The highest BCUT2D eigenvalue weighted by Gasteiger charge is 2.51. The Bertz CT molecular complexity index is 544. The second-order valence-electron chi connectivity index (χ2n) is 4.13. The van der Waals surface area contributed by atoms with Crippen LogP contribution >= 0.6 is 0 Å². The van der Waals surface area contributed by atoms with Crippen LogP contribution in [0.3, 0.4) is 0 Å². The summed E-state index contributed by atoms with van der Waals surface area (Å²) in [6.45, 7) is 0.761. The molecule has 2 aromatic carbocycles. The summed E-state index contributed by atoms with van der Waals surface area (Å²) in [4.78, 5) is 0. The summed E-state index contributed by atoms with van der Waals surface area (Å²) in [5.41, 5.74) is -2.97. The Labute approximate surface area is 96.5 Å². The van der Waals surface area contributed by atoms with Crippen LogP contribution in [0.4, 0.5) is 13.2 Å². The number of alkyl halides is 3. The average Bonchev–Trinajstić information content (AvgIpc) is 2.27. The Balaban J connectivity index is 2.57. The molecule has 1 atom stereocenters. The zero-order valence-electron chi connectivity index (χ0n) is 9.12. The minimum atomic E-state index is -4.69. The standard InChI is InChI=1S/C13H11F3O/c1-12(17,13(14,15)16)11-7-6-9-4-2-3-5-10(9)8-11/h2-8,17H,1H3/t12-/m0/s1. The summed E-state index contributed by atoms with van der Waals surface area (Å²) in [6.07, 6.45) is -4.69. The maximum Gasteiger partial charge on any atom is 0.421 e. The van der Waals surface area contributed by atoms with Crippen LogP contribution in [0.15, 0.2) is 42.5 Å². The molecule has 90 valence electrons. The normalized spacial score (nSPS) is 15.8. The predicted octanol–water partition coefficient (Wildman–Crippen LogP) is 3.61. The first-order valence-electron chi connectivity index (χ1n) is 5.11. The van der Waals surface area contributed by atoms with Crippen LogP contribution in [-0.2, 0) is 5.60 Å². The van der Waals surface area contributed by atoms with E-state index in [9.17, 15) is 18.3 Å². The molecule has 0 unspecified atom stereocenters. The molecule has 0 saturated carbocycles. The highest BCUT2D eigenvalue weighted by atomic mass is 19.4. The second-order valence-corrected chi connectivity index (χ2v) is 4.13. The Morgan fingerprint density at radius 3 is 2.12 bits per heavy atom. The molecule has 17 heavy (non-hydrogen) atoms. The number of hydrogen-bond donors (Lipinski definition) is 1. The van der Waals surface area contributed by atoms with Gasteiger partial charge < -0.3 is 5.11 Å². The Hall–Kier alpha value is -1.55. The number of benzene rings is 2. The van der Waals surface area contributed by atoms with Crippen LogP contribution in [-0.4, -0.2) is 11.3 Å². The van der Waals surface area contributed by atoms with E-state index < -0.39 is 11.8 Å². The van der Waals surface area contributed by atoms with Gasteiger partial charge in [0.2, 0.25) is 0 Å². The molecule has 0 aliphatic heterocycles. The van der Waals surface area contributed by atoms with Crippen molar-refractivity contribution in [3.8, 4) is 0 Å². The summed E-state index contributed by atoms with van der Waals surface area (Å²) >= 11 is 0. The van der Waals surface area contributed by atoms with Gasteiger partial charge in [0.05, 0.1) is 0 Å². The number of aliphatic hydroxyl groups is 1. The van der Waals surface area contributed by atoms with E-state index in [1.54, 1.807) is 24.3 Å². The molecule has 0 amide bonds. The number of halogens is 3. The topological polar surface area (TPSA) is 20.2 Å². The van der Waals surface area contributed by atoms with Gasteiger partial charge in [-0.3, -0.25) is 0 Å². The molecule has 2 aromatic rings. The smallest absolute Gasteiger partial charge is 0.376 e. The van der Waals surface area contributed by atoms with Gasteiger partial charge in [0.25, 0.3) is 0 Å². The van der Waals surface area contributed by atoms with Crippen molar-refractivity contribution >= 4 is 10.8 Å². The maximum absolute atomic E-state index is 12.7. The fourth-order valence-electron chi connectivity index (χ4n) is 1.66. The Morgan fingerprint density at radius 1 is 0.941 bits per heavy atom. The van der Waals surface area contributed by atoms with E-state index in [0.29, 0.717) is 5.39 Å². The number of hydrogen-bond acceptors (Lipinski definition) is 1. The Morgan fingerprint density at radius 2 is 1.53 bits per heavy atom. The van der Waals surface area contributed by atoms with Gasteiger partial charge in [-0.05, 0) is 29.3 Å². The SMILES string of the molecule is C[C@](O)(c1ccc2ccccc2c1)C(F)(F)F. The zero-order valence-corrected chi connectivity index (χ0v) is 9.12. The molecule has 0 radical (unpaired) electrons. The third-order valence-electron chi connectivity index (χ3n) is 2.86. The van der Waals surface area contributed by atoms with E-state index in [2.05, 4.69) is 0 Å². The average molecular weight is 240 g/mol. The van der Waals surface area contributed by atoms with Crippen LogP contribution in [0, 0.1) is 0 Å². The lowest BCUT2D eigenvalue weighted by Gasteiger charge is -2.26. The van der Waals surface area contributed by atoms with Crippen molar-refractivity contribution in [3.63, 3.8) is 0 Å². The summed E-state index contributed by atoms with van der Waals surface area (Å²) in [7, 11) is 0. The summed E-state index contributed by atoms with van der Waals surface area (Å²) in [5.74, 6) is 0. The second kappa shape index (κ2) is 3.74. The molecular formula is C13H11F3O. The molecule has 0 fully saturated rings. The highest BCUT2D eigenvalue weighted by Crippen LogP contribution is 2.39. The third kappa shape index (κ3) is 2.00. The van der Waals surface area contributed by atoms with E-state index in [1.807, 2.05) is 6.07 Å². The van der Waals surface area contributed by atoms with Crippen molar-refractivity contribution in [2.75, 3.05) is 0 Å². The molecule has 0 aliphatic carbocycles. The molecule has 1 nitrogen and oxygen atoms in total. The number of fused-ring (bicyclic) bond motifs is 1. The molecule has 4 heteroatoms. The summed E-state index contributed by atoms with van der Waals surface area (Å²) in [5, 5.41) is 11.1. The van der Waals surface area contributed by atoms with Crippen molar-refractivity contribution in [1.29, 1.82) is 0 Å². The zero-order chi connectivity index (χ0) is 12.7. The van der Waals surface area contributed by atoms with E-state index in [4.69, 9.17) is 0 Å². The van der Waals surface area contributed by atoms with E-state index in [-0.39, 0.29) is 5.56 Å². The van der Waals surface area contributed by atoms with Crippen LogP contribution < -0.4 is 0 Å². The van der Waals surface area contributed by atoms with E-state index in [0.717, 1.165) is 12.3 Å². The molecule has 0 aliphatic rings. The van der Waals surface area contributed by atoms with Gasteiger partial charge >= 0.3 is 6.18 Å². The van der Waals surface area contributed by atoms with Gasteiger partial charge in [0.1, 0.15) is 0 Å². The van der Waals surface area contributed by atoms with Gasteiger partial charge in [-0.2, -0.15) is 13.2 Å². The quantitative estimate of drug-likeness (QED) is 0.807. The lowest BCUT2D eigenvalue weighted by Crippen LogP contribution is -2.39. The molecule has 0 spiro atoms. The minimum absolute atomic E-state index is 0.149. The van der Waals surface area contributed by atoms with Gasteiger partial charge in [0, 0.05) is 0 Å². The van der Waals surface area contributed by atoms with Gasteiger partial charge in [-0.25, -0.2) is 0 Å². The van der Waals surface area contributed by atoms with Crippen molar-refractivity contribution in [2.45, 2.75) is 18.7 Å². The third-order valence-corrected chi connectivity index (χ3v) is 2.86. The first-order chi connectivity index (χ1) is 7.82. The van der Waals surface area contributed by atoms with Crippen molar-refractivity contribution in [2.24, 2.45) is 0 Å². The summed E-state index contributed by atoms with van der Waals surface area (Å²) in [6, 6.07) is 11.3. The van der Waals surface area contributed by atoms with Crippen LogP contribution in [0.2, 0.25) is 0 Å². The van der Waals surface area contributed by atoms with Crippen LogP contribution in [0.1, 0.15) is 12.5 Å². The van der Waals surface area contributed by atoms with Crippen molar-refractivity contribution in [1.82, 2.24) is 0 Å². The highest BCUT2D eigenvalue weighted by molar-refractivity contribution is 5.83. The monoisotopic (exact) mass is 240 g/mol. The largest absolute Gasteiger partial charge is 0.421 e. The molecule has 0 aromatic heterocycles. The summed E-state index contributed by atoms with van der Waals surface area (Å²) < 4.78 is 38.0. The molecular weight excluding hydrogens is 229 g/mol. The molecule has 1 N–H and O–H groups in total. The van der Waals surface area contributed by atoms with Gasteiger partial charge in [-0.15, -0.1) is 0 Å². The first kappa shape index (κ1) is 11.9. The van der Waals surface area contributed by atoms with Gasteiger partial charge in [0.15, 0.2) is 5.60 Å². The van der Waals surface area contributed by atoms with Crippen LogP contribution in [0.5, 0.6) is 0 Å².